The fraction of sp³-hybridized carbons (Fsp3) is 0.825. The number of benzene rings is 1. The van der Waals surface area contributed by atoms with Crippen LogP contribution in [0.3, 0.4) is 0 Å². The molecule has 6 aliphatic heterocycles. The monoisotopic (exact) mass is 1420 g/mol. The third-order valence-corrected chi connectivity index (χ3v) is 19.6. The van der Waals surface area contributed by atoms with Gasteiger partial charge in [0.05, 0.1) is 61.9 Å². The van der Waals surface area contributed by atoms with E-state index in [4.69, 9.17) is 126 Å². The van der Waals surface area contributed by atoms with Crippen LogP contribution in [0.2, 0.25) is 0 Å². The number of hydrogen-bond donors (Lipinski definition) is 24. The molecule has 42 heteroatoms. The normalized spacial score (nSPS) is 47.5. The first kappa shape index (κ1) is 77.7. The van der Waals surface area contributed by atoms with Crippen LogP contribution in [-0.4, -0.2) is 350 Å². The van der Waals surface area contributed by atoms with Crippen LogP contribution < -0.4 is 68.8 Å². The van der Waals surface area contributed by atoms with Gasteiger partial charge in [-0.3, -0.25) is 0 Å². The molecule has 8 aliphatic rings. The van der Waals surface area contributed by atoms with Crippen molar-refractivity contribution in [1.82, 2.24) is 30.0 Å². The van der Waals surface area contributed by atoms with Crippen LogP contribution in [0.5, 0.6) is 0 Å². The molecular formula is C57H100N18O24. The van der Waals surface area contributed by atoms with Gasteiger partial charge in [0.2, 0.25) is 0 Å². The van der Waals surface area contributed by atoms with Crippen LogP contribution >= 0.6 is 0 Å². The molecule has 562 valence electrons. The molecule has 0 amide bonds. The topological polar surface area (TPSA) is 727 Å². The van der Waals surface area contributed by atoms with Gasteiger partial charge in [0.15, 0.2) is 37.7 Å². The Balaban J connectivity index is 0.0000106. The summed E-state index contributed by atoms with van der Waals surface area (Å²) in [5, 5.41) is 151. The van der Waals surface area contributed by atoms with Gasteiger partial charge in [-0.1, -0.05) is 36.1 Å². The summed E-state index contributed by atoms with van der Waals surface area (Å²) >= 11 is 0. The molecule has 38 atom stereocenters. The highest BCUT2D eigenvalue weighted by Crippen LogP contribution is 2.39. The quantitative estimate of drug-likeness (QED) is 0.0444. The van der Waals surface area contributed by atoms with Gasteiger partial charge in [-0.05, 0) is 18.9 Å². The lowest BCUT2D eigenvalue weighted by Crippen LogP contribution is -2.68. The van der Waals surface area contributed by atoms with E-state index in [0.29, 0.717) is 22.5 Å². The first-order chi connectivity index (χ1) is 46.6. The van der Waals surface area contributed by atoms with Gasteiger partial charge < -0.3 is 187 Å². The molecule has 36 N–H and O–H groups in total. The van der Waals surface area contributed by atoms with Gasteiger partial charge >= 0.3 is 0 Å². The summed E-state index contributed by atoms with van der Waals surface area (Å²) < 4.78 is 76.7. The van der Waals surface area contributed by atoms with Gasteiger partial charge in [0.1, 0.15) is 146 Å². The number of aromatic nitrogens is 6. The molecule has 8 heterocycles. The zero-order valence-corrected chi connectivity index (χ0v) is 52.9. The van der Waals surface area contributed by atoms with E-state index in [1.54, 1.807) is 36.7 Å². The van der Waals surface area contributed by atoms with Crippen molar-refractivity contribution < 1.29 is 118 Å². The van der Waals surface area contributed by atoms with Crippen LogP contribution in [0, 0.1) is 0 Å². The van der Waals surface area contributed by atoms with Crippen molar-refractivity contribution in [3.63, 3.8) is 0 Å². The molecule has 6 saturated heterocycles. The molecule has 2 saturated carbocycles. The average molecular weight is 1420 g/mol. The number of nitrogens with two attached hydrogens (primary N) is 12. The van der Waals surface area contributed by atoms with E-state index in [1.807, 2.05) is 0 Å². The number of hydrogen-bond acceptors (Lipinski definition) is 40. The first-order valence-corrected chi connectivity index (χ1v) is 32.4. The number of rotatable bonds is 22. The molecule has 1 aromatic carbocycles. The molecule has 8 fully saturated rings. The summed E-state index contributed by atoms with van der Waals surface area (Å²) in [5.41, 5.74) is 76.0. The minimum atomic E-state index is -1.75. The average Bonchev–Trinajstić information content (AvgIpc) is 1.76. The Kier molecular flexibility index (Phi) is 25.6. The van der Waals surface area contributed by atoms with Gasteiger partial charge in [0.25, 0.3) is 0 Å². The van der Waals surface area contributed by atoms with Gasteiger partial charge in [0, 0.05) is 61.5 Å². The molecule has 99 heavy (non-hydrogen) atoms. The lowest BCUT2D eigenvalue weighted by atomic mass is 9.84. The van der Waals surface area contributed by atoms with E-state index in [1.165, 1.54) is 9.36 Å². The van der Waals surface area contributed by atoms with Crippen LogP contribution in [0.15, 0.2) is 36.7 Å². The van der Waals surface area contributed by atoms with Gasteiger partial charge in [-0.15, -0.1) is 10.2 Å². The fourth-order valence-electron chi connectivity index (χ4n) is 13.7. The van der Waals surface area contributed by atoms with Crippen molar-refractivity contribution in [1.29, 1.82) is 0 Å². The Morgan fingerprint density at radius 2 is 0.636 bits per heavy atom. The molecule has 0 bridgehead atoms. The van der Waals surface area contributed by atoms with E-state index in [0.717, 1.165) is 0 Å². The van der Waals surface area contributed by atoms with Crippen LogP contribution in [0.1, 0.15) is 20.3 Å². The summed E-state index contributed by atoms with van der Waals surface area (Å²) in [5.74, 6) is 0. The first-order valence-electron chi connectivity index (χ1n) is 32.4. The minimum Gasteiger partial charge on any atom is -0.389 e. The second-order valence-corrected chi connectivity index (χ2v) is 26.4. The molecule has 2 aliphatic carbocycles. The molecule has 20 unspecified atom stereocenters. The maximum absolute atomic E-state index is 12.1. The summed E-state index contributed by atoms with van der Waals surface area (Å²) in [7, 11) is 0. The van der Waals surface area contributed by atoms with E-state index in [-0.39, 0.29) is 59.5 Å². The number of aliphatic hydroxyl groups excluding tert-OH is 12. The Morgan fingerprint density at radius 1 is 0.354 bits per heavy atom. The van der Waals surface area contributed by atoms with E-state index in [9.17, 15) is 61.3 Å². The maximum Gasteiger partial charge on any atom is 0.187 e. The molecule has 0 radical (unpaired) electrons. The highest BCUT2D eigenvalue weighted by molar-refractivity contribution is 5.68. The highest BCUT2D eigenvalue weighted by Gasteiger charge is 2.58. The summed E-state index contributed by atoms with van der Waals surface area (Å²) in [6.45, 7) is -1.43. The molecule has 3 aromatic rings. The second kappa shape index (κ2) is 32.6. The Hall–Kier alpha value is -3.94. The Morgan fingerprint density at radius 3 is 0.939 bits per heavy atom. The van der Waals surface area contributed by atoms with E-state index >= 15 is 0 Å². The van der Waals surface area contributed by atoms with E-state index < -0.39 is 233 Å². The zero-order chi connectivity index (χ0) is 70.6. The van der Waals surface area contributed by atoms with Crippen molar-refractivity contribution in [3.8, 4) is 22.5 Å². The second-order valence-electron chi connectivity index (χ2n) is 26.4. The summed E-state index contributed by atoms with van der Waals surface area (Å²) in [6, 6.07) is -2.42. The highest BCUT2D eigenvalue weighted by atomic mass is 16.8. The lowest BCUT2D eigenvalue weighted by molar-refractivity contribution is -0.306. The maximum atomic E-state index is 12.1. The van der Waals surface area contributed by atoms with Gasteiger partial charge in [-0.25, -0.2) is 9.36 Å². The third kappa shape index (κ3) is 15.9. The van der Waals surface area contributed by atoms with Gasteiger partial charge in [-0.2, -0.15) is 0 Å². The van der Waals surface area contributed by atoms with Crippen molar-refractivity contribution in [3.05, 3.63) is 36.7 Å². The van der Waals surface area contributed by atoms with Crippen molar-refractivity contribution in [2.75, 3.05) is 26.2 Å². The number of ether oxygens (including phenoxy) is 12. The lowest BCUT2D eigenvalue weighted by Gasteiger charge is -2.47. The molecule has 11 rings (SSSR count). The molecule has 2 aromatic heterocycles. The largest absolute Gasteiger partial charge is 0.389 e. The van der Waals surface area contributed by atoms with Crippen LogP contribution in [0.4, 0.5) is 0 Å². The van der Waals surface area contributed by atoms with Crippen LogP contribution in [0.25, 0.3) is 22.5 Å². The Bertz CT molecular complexity index is 2850. The summed E-state index contributed by atoms with van der Waals surface area (Å²) in [6.07, 6.45) is -40.2. The van der Waals surface area contributed by atoms with Crippen molar-refractivity contribution in [2.45, 2.75) is 266 Å². The number of nitrogens with zero attached hydrogens (tertiary/aromatic N) is 6. The summed E-state index contributed by atoms with van der Waals surface area (Å²) in [4.78, 5) is 0. The third-order valence-electron chi connectivity index (χ3n) is 19.6. The smallest absolute Gasteiger partial charge is 0.187 e. The predicted octanol–water partition coefficient (Wildman–Crippen LogP) is -14.9. The minimum absolute atomic E-state index is 0. The van der Waals surface area contributed by atoms with Crippen molar-refractivity contribution >= 4 is 0 Å². The molecular weight excluding hydrogens is 1320 g/mol. The SMILES string of the molecule is C.NCC1O[C@H](OC2C(N)C[C@@H](N)C(O)[C@H]2O[C@@H]2O[C@H](Cn3cc(-c4cccc(-c5cn(C[C@H]6O[C@@H](O[C@H]7C(O[C@H]8OC(CN)C(O)[C@H](O)C8N)C(N)C[C@@H](N)C7O)[C@@H](O)C6O[C@H]6O[C@@H](CN)C(O)C(O)C6N)nn5)c4)nn3)C(O[C@H]3O[C@@H](CN)C(O)C(O)C3N)[C@@H]2O)C(N)[C@@H](O)C1O. The zero-order valence-electron chi connectivity index (χ0n) is 52.9. The molecule has 42 nitrogen and oxygen atoms in total. The van der Waals surface area contributed by atoms with Crippen LogP contribution in [-0.2, 0) is 69.9 Å². The predicted molar refractivity (Wildman–Crippen MR) is 334 cm³/mol. The number of aliphatic hydroxyl groups is 12. The molecule has 0 spiro atoms. The fourth-order valence-corrected chi connectivity index (χ4v) is 13.7. The standard InChI is InChI=1S/C56H96N18O24.CH4/c57-7-23-35(77)39(81)29(65)51(87-23)93-45-19(63)5-17(61)33(75)49(45)97-55-43(85)47(95-53-31(67)41(83)37(79)25(9-59)89-53)27(91-55)13-73-11-21(69-71-73)15-2-1-3-16(4-15)22-12-74(72-70-22)14-28-48(96-54-32(68)42(84)38(80)26(10-60)90-54)44(86)56(92-28)98-50-34(76)18(62)6-20(64)46(50)94-52-30(66)40(82)36(78)24(8-58)88-52;/h1-4,11-12,17-20,23-56,75-86H,5-10,13-14,57-68H2;1H4/t17-,18-,19?,20?,23?,24?,25+,26+,27-,28-,29?,30?,31?,32?,33?,34?,35?,36?,37?,38?,39-,40-,41?,42?,43+,44+,45?,46?,47?,48?,49-,50-,51-,52-,53-,54-,55+,56+;/m1./s1. The Labute approximate surface area is 566 Å². The van der Waals surface area contributed by atoms with E-state index in [2.05, 4.69) is 20.6 Å². The van der Waals surface area contributed by atoms with Crippen molar-refractivity contribution in [2.24, 2.45) is 68.8 Å².